The molecule has 2 atom stereocenters. The van der Waals surface area contributed by atoms with Crippen LogP contribution in [0.3, 0.4) is 0 Å². The van der Waals surface area contributed by atoms with E-state index in [2.05, 4.69) is 10.3 Å². The van der Waals surface area contributed by atoms with Crippen molar-refractivity contribution in [3.63, 3.8) is 0 Å². The van der Waals surface area contributed by atoms with Crippen molar-refractivity contribution in [1.29, 1.82) is 0 Å². The summed E-state index contributed by atoms with van der Waals surface area (Å²) in [5.41, 5.74) is 2.27. The van der Waals surface area contributed by atoms with Gasteiger partial charge in [0, 0.05) is 25.1 Å². The molecular formula is C20H23N3O4S2. The summed E-state index contributed by atoms with van der Waals surface area (Å²) in [6.45, 7) is 3.75. The molecule has 1 N–H and O–H groups in total. The number of aryl methyl sites for hydroxylation is 1. The van der Waals surface area contributed by atoms with Crippen molar-refractivity contribution >= 4 is 37.2 Å². The van der Waals surface area contributed by atoms with E-state index >= 15 is 0 Å². The molecule has 1 heterocycles. The normalized spacial score (nSPS) is 14.0. The molecule has 29 heavy (non-hydrogen) atoms. The molecule has 154 valence electrons. The molecule has 1 unspecified atom stereocenters. The van der Waals surface area contributed by atoms with Gasteiger partial charge in [0.2, 0.25) is 5.16 Å². The monoisotopic (exact) mass is 433 g/mol. The van der Waals surface area contributed by atoms with Gasteiger partial charge in [-0.05, 0) is 37.6 Å². The number of rotatable bonds is 5. The molecule has 0 aliphatic heterocycles. The fourth-order valence-corrected chi connectivity index (χ4v) is 4.88. The van der Waals surface area contributed by atoms with Gasteiger partial charge in [-0.2, -0.15) is 0 Å². The SMILES string of the molecule is Cc1cc([C@@H](C)Nc2ccccc2S(C)(=O)=O)c2nc(S(C)=O)n(C)c(=O)c2c1. The largest absolute Gasteiger partial charge is 0.377 e. The van der Waals surface area contributed by atoms with Gasteiger partial charge in [-0.25, -0.2) is 13.4 Å². The smallest absolute Gasteiger partial charge is 0.261 e. The van der Waals surface area contributed by atoms with Crippen LogP contribution in [-0.2, 0) is 27.7 Å². The van der Waals surface area contributed by atoms with Crippen LogP contribution in [0, 0.1) is 6.92 Å². The fourth-order valence-electron chi connectivity index (χ4n) is 3.34. The summed E-state index contributed by atoms with van der Waals surface area (Å²) in [5, 5.41) is 3.85. The zero-order valence-electron chi connectivity index (χ0n) is 16.9. The van der Waals surface area contributed by atoms with Crippen molar-refractivity contribution in [2.45, 2.75) is 29.9 Å². The molecular weight excluding hydrogens is 410 g/mol. The van der Waals surface area contributed by atoms with Crippen LogP contribution in [0.4, 0.5) is 5.69 Å². The summed E-state index contributed by atoms with van der Waals surface area (Å²) in [6, 6.07) is 9.98. The second kappa shape index (κ2) is 7.72. The maximum absolute atomic E-state index is 12.8. The van der Waals surface area contributed by atoms with Crippen molar-refractivity contribution in [1.82, 2.24) is 9.55 Å². The van der Waals surface area contributed by atoms with Crippen LogP contribution in [-0.4, -0.2) is 34.7 Å². The third-order valence-corrected chi connectivity index (χ3v) is 6.73. The number of anilines is 1. The van der Waals surface area contributed by atoms with E-state index in [4.69, 9.17) is 0 Å². The highest BCUT2D eigenvalue weighted by Crippen LogP contribution is 2.29. The Labute approximate surface area is 172 Å². The van der Waals surface area contributed by atoms with E-state index in [9.17, 15) is 17.4 Å². The number of nitrogens with one attached hydrogen (secondary N) is 1. The molecule has 0 radical (unpaired) electrons. The average molecular weight is 434 g/mol. The number of benzene rings is 2. The highest BCUT2D eigenvalue weighted by atomic mass is 32.2. The standard InChI is InChI=1S/C20H23N3O4S2/c1-12-10-14(13(2)21-16-8-6-7-9-17(16)29(5,26)27)18-15(11-12)19(24)23(3)20(22-18)28(4)25/h6-11,13,21H,1-5H3/t13-,28?/m1/s1. The molecule has 0 bridgehead atoms. The number of para-hydroxylation sites is 1. The van der Waals surface area contributed by atoms with Crippen LogP contribution in [0.2, 0.25) is 0 Å². The summed E-state index contributed by atoms with van der Waals surface area (Å²) in [4.78, 5) is 17.5. The second-order valence-corrected chi connectivity index (χ2v) is 10.4. The van der Waals surface area contributed by atoms with E-state index in [0.29, 0.717) is 16.6 Å². The van der Waals surface area contributed by atoms with Gasteiger partial charge >= 0.3 is 0 Å². The predicted octanol–water partition coefficient (Wildman–Crippen LogP) is 2.56. The Balaban J connectivity index is 2.20. The van der Waals surface area contributed by atoms with Gasteiger partial charge in [-0.1, -0.05) is 18.2 Å². The van der Waals surface area contributed by atoms with Crippen LogP contribution in [0.15, 0.2) is 51.2 Å². The first-order valence-corrected chi connectivity index (χ1v) is 12.4. The molecule has 0 aliphatic rings. The van der Waals surface area contributed by atoms with E-state index in [0.717, 1.165) is 17.4 Å². The lowest BCUT2D eigenvalue weighted by molar-refractivity contribution is 0.602. The van der Waals surface area contributed by atoms with Gasteiger partial charge in [0.1, 0.15) is 0 Å². The lowest BCUT2D eigenvalue weighted by Crippen LogP contribution is -2.24. The number of sulfone groups is 1. The van der Waals surface area contributed by atoms with Gasteiger partial charge < -0.3 is 5.32 Å². The highest BCUT2D eigenvalue weighted by Gasteiger charge is 2.20. The van der Waals surface area contributed by atoms with Crippen molar-refractivity contribution < 1.29 is 12.6 Å². The van der Waals surface area contributed by atoms with Crippen LogP contribution in [0.1, 0.15) is 24.1 Å². The first kappa shape index (κ1) is 21.2. The second-order valence-electron chi connectivity index (χ2n) is 7.10. The molecule has 3 aromatic rings. The zero-order chi connectivity index (χ0) is 21.5. The van der Waals surface area contributed by atoms with Crippen LogP contribution in [0.5, 0.6) is 0 Å². The van der Waals surface area contributed by atoms with E-state index in [1.54, 1.807) is 37.4 Å². The molecule has 2 aromatic carbocycles. The Bertz CT molecular complexity index is 1300. The zero-order valence-corrected chi connectivity index (χ0v) is 18.5. The third-order valence-electron chi connectivity index (χ3n) is 4.70. The Kier molecular flexibility index (Phi) is 5.64. The first-order chi connectivity index (χ1) is 13.5. The summed E-state index contributed by atoms with van der Waals surface area (Å²) in [5.74, 6) is 0. The molecule has 0 amide bonds. The first-order valence-electron chi connectivity index (χ1n) is 8.91. The minimum Gasteiger partial charge on any atom is -0.377 e. The van der Waals surface area contributed by atoms with Gasteiger partial charge in [0.25, 0.3) is 5.56 Å². The quantitative estimate of drug-likeness (QED) is 0.621. The summed E-state index contributed by atoms with van der Waals surface area (Å²) < 4.78 is 37.6. The molecule has 1 aromatic heterocycles. The van der Waals surface area contributed by atoms with Crippen molar-refractivity contribution in [2.75, 3.05) is 17.8 Å². The Morgan fingerprint density at radius 3 is 2.48 bits per heavy atom. The lowest BCUT2D eigenvalue weighted by atomic mass is 10.0. The third kappa shape index (κ3) is 4.11. The number of fused-ring (bicyclic) bond motifs is 1. The minimum absolute atomic E-state index is 0.191. The number of aromatic nitrogens is 2. The van der Waals surface area contributed by atoms with Crippen LogP contribution in [0.25, 0.3) is 10.9 Å². The number of nitrogens with zero attached hydrogens (tertiary/aromatic N) is 2. The van der Waals surface area contributed by atoms with Crippen molar-refractivity contribution in [3.8, 4) is 0 Å². The summed E-state index contributed by atoms with van der Waals surface area (Å²) >= 11 is 0. The molecule has 9 heteroatoms. The van der Waals surface area contributed by atoms with Gasteiger partial charge in [-0.15, -0.1) is 0 Å². The van der Waals surface area contributed by atoms with Crippen LogP contribution < -0.4 is 10.9 Å². The van der Waals surface area contributed by atoms with Gasteiger partial charge in [0.15, 0.2) is 9.84 Å². The van der Waals surface area contributed by atoms with Crippen molar-refractivity contribution in [3.05, 3.63) is 57.9 Å². The van der Waals surface area contributed by atoms with E-state index in [1.165, 1.54) is 10.8 Å². The van der Waals surface area contributed by atoms with E-state index < -0.39 is 20.6 Å². The highest BCUT2D eigenvalue weighted by molar-refractivity contribution is 7.90. The fraction of sp³-hybridized carbons (Fsp3) is 0.300. The summed E-state index contributed by atoms with van der Waals surface area (Å²) in [6.07, 6.45) is 2.64. The Morgan fingerprint density at radius 2 is 1.86 bits per heavy atom. The summed E-state index contributed by atoms with van der Waals surface area (Å²) in [7, 11) is -3.30. The average Bonchev–Trinajstić information content (AvgIpc) is 2.63. The number of hydrogen-bond acceptors (Lipinski definition) is 6. The van der Waals surface area contributed by atoms with Crippen molar-refractivity contribution in [2.24, 2.45) is 7.05 Å². The van der Waals surface area contributed by atoms with E-state index in [-0.39, 0.29) is 21.7 Å². The maximum Gasteiger partial charge on any atom is 0.261 e. The molecule has 0 saturated carbocycles. The van der Waals surface area contributed by atoms with Gasteiger partial charge in [-0.3, -0.25) is 13.6 Å². The topological polar surface area (TPSA) is 98.1 Å². The molecule has 0 fully saturated rings. The molecule has 0 saturated heterocycles. The predicted molar refractivity (Wildman–Crippen MR) is 116 cm³/mol. The van der Waals surface area contributed by atoms with E-state index in [1.807, 2.05) is 19.9 Å². The molecule has 0 spiro atoms. The molecule has 3 rings (SSSR count). The molecule has 0 aliphatic carbocycles. The Morgan fingerprint density at radius 1 is 1.21 bits per heavy atom. The molecule has 7 nitrogen and oxygen atoms in total. The minimum atomic E-state index is -3.41. The number of hydrogen-bond donors (Lipinski definition) is 1. The Hall–Kier alpha value is -2.52. The van der Waals surface area contributed by atoms with Crippen LogP contribution >= 0.6 is 0 Å². The maximum atomic E-state index is 12.8. The lowest BCUT2D eigenvalue weighted by Gasteiger charge is -2.20. The van der Waals surface area contributed by atoms with Gasteiger partial charge in [0.05, 0.1) is 38.3 Å².